The van der Waals surface area contributed by atoms with E-state index in [1.165, 1.54) is 0 Å². The highest BCUT2D eigenvalue weighted by Gasteiger charge is 2.18. The number of allylic oxidation sites excluding steroid dienone is 2. The number of rotatable bonds is 7. The van der Waals surface area contributed by atoms with Crippen molar-refractivity contribution in [3.05, 3.63) is 12.2 Å². The van der Waals surface area contributed by atoms with Crippen molar-refractivity contribution in [1.29, 1.82) is 0 Å². The van der Waals surface area contributed by atoms with E-state index >= 15 is 0 Å². The summed E-state index contributed by atoms with van der Waals surface area (Å²) >= 11 is 0. The van der Waals surface area contributed by atoms with Crippen LogP contribution in [0.2, 0.25) is 0 Å². The van der Waals surface area contributed by atoms with Gasteiger partial charge in [-0.15, -0.1) is 5.92 Å². The molecule has 0 aromatic carbocycles. The highest BCUT2D eigenvalue weighted by Crippen LogP contribution is 2.24. The first kappa shape index (κ1) is 15.2. The van der Waals surface area contributed by atoms with E-state index < -0.39 is 6.10 Å². The zero-order valence-electron chi connectivity index (χ0n) is 11.5. The normalized spacial score (nSPS) is 24.4. The Morgan fingerprint density at radius 1 is 1.44 bits per heavy atom. The first-order valence-corrected chi connectivity index (χ1v) is 6.75. The average Bonchev–Trinajstić information content (AvgIpc) is 2.37. The Labute approximate surface area is 111 Å². The molecule has 0 bridgehead atoms. The van der Waals surface area contributed by atoms with Crippen molar-refractivity contribution in [2.45, 2.75) is 32.8 Å². The SMILES string of the molecule is CC#CCNCC(O)COCC1CC=CCC1C. The van der Waals surface area contributed by atoms with Crippen LogP contribution in [0, 0.1) is 23.7 Å². The van der Waals surface area contributed by atoms with Crippen LogP contribution in [-0.4, -0.2) is 37.5 Å². The third kappa shape index (κ3) is 6.20. The molecule has 0 fully saturated rings. The van der Waals surface area contributed by atoms with E-state index in [1.54, 1.807) is 6.92 Å². The Hall–Kier alpha value is -0.820. The van der Waals surface area contributed by atoms with Crippen molar-refractivity contribution in [3.8, 4) is 11.8 Å². The second kappa shape index (κ2) is 9.16. The third-order valence-electron chi connectivity index (χ3n) is 3.33. The maximum Gasteiger partial charge on any atom is 0.0897 e. The van der Waals surface area contributed by atoms with Gasteiger partial charge in [0, 0.05) is 6.54 Å². The Bertz CT molecular complexity index is 303. The number of ether oxygens (including phenoxy) is 1. The van der Waals surface area contributed by atoms with Crippen LogP contribution >= 0.6 is 0 Å². The van der Waals surface area contributed by atoms with E-state index in [9.17, 15) is 5.11 Å². The minimum atomic E-state index is -0.446. The molecule has 0 spiro atoms. The Morgan fingerprint density at radius 3 is 2.94 bits per heavy atom. The van der Waals surface area contributed by atoms with E-state index in [-0.39, 0.29) is 0 Å². The standard InChI is InChI=1S/C15H25NO2/c1-3-4-9-16-10-15(17)12-18-11-14-8-6-5-7-13(14)2/h5-6,13-17H,7-12H2,1-2H3. The minimum absolute atomic E-state index is 0.402. The molecule has 2 N–H and O–H groups in total. The van der Waals surface area contributed by atoms with Crippen LogP contribution in [0.5, 0.6) is 0 Å². The molecule has 0 aromatic rings. The lowest BCUT2D eigenvalue weighted by molar-refractivity contribution is 0.0132. The van der Waals surface area contributed by atoms with Gasteiger partial charge in [-0.1, -0.05) is 25.0 Å². The molecule has 0 heterocycles. The number of nitrogens with one attached hydrogen (secondary N) is 1. The molecular formula is C15H25NO2. The van der Waals surface area contributed by atoms with Crippen molar-refractivity contribution in [2.24, 2.45) is 11.8 Å². The Kier molecular flexibility index (Phi) is 7.75. The molecule has 0 radical (unpaired) electrons. The summed E-state index contributed by atoms with van der Waals surface area (Å²) in [5.41, 5.74) is 0. The fourth-order valence-electron chi connectivity index (χ4n) is 2.04. The van der Waals surface area contributed by atoms with Gasteiger partial charge in [0.2, 0.25) is 0 Å². The lowest BCUT2D eigenvalue weighted by atomic mass is 9.85. The molecule has 0 aromatic heterocycles. The number of aliphatic hydroxyl groups excluding tert-OH is 1. The minimum Gasteiger partial charge on any atom is -0.389 e. The monoisotopic (exact) mass is 251 g/mol. The molecule has 0 aliphatic heterocycles. The summed E-state index contributed by atoms with van der Waals surface area (Å²) in [4.78, 5) is 0. The van der Waals surface area contributed by atoms with Crippen LogP contribution < -0.4 is 5.32 Å². The molecule has 0 saturated heterocycles. The van der Waals surface area contributed by atoms with Crippen molar-refractivity contribution in [3.63, 3.8) is 0 Å². The zero-order chi connectivity index (χ0) is 13.2. The molecule has 3 atom stereocenters. The molecule has 1 aliphatic carbocycles. The molecule has 102 valence electrons. The van der Waals surface area contributed by atoms with Gasteiger partial charge in [0.05, 0.1) is 25.9 Å². The number of hydrogen-bond donors (Lipinski definition) is 2. The van der Waals surface area contributed by atoms with Crippen molar-refractivity contribution >= 4 is 0 Å². The van der Waals surface area contributed by atoms with Crippen molar-refractivity contribution in [1.82, 2.24) is 5.32 Å². The lowest BCUT2D eigenvalue weighted by Crippen LogP contribution is -2.31. The second-order valence-electron chi connectivity index (χ2n) is 4.93. The van der Waals surface area contributed by atoms with E-state index in [0.717, 1.165) is 19.4 Å². The number of aliphatic hydroxyl groups is 1. The predicted octanol–water partition coefficient (Wildman–Crippen LogP) is 1.58. The largest absolute Gasteiger partial charge is 0.389 e. The summed E-state index contributed by atoms with van der Waals surface area (Å²) in [6.07, 6.45) is 6.28. The Balaban J connectivity index is 2.05. The number of hydrogen-bond acceptors (Lipinski definition) is 3. The van der Waals surface area contributed by atoms with Crippen LogP contribution in [-0.2, 0) is 4.74 Å². The van der Waals surface area contributed by atoms with Gasteiger partial charge in [-0.2, -0.15) is 0 Å². The zero-order valence-corrected chi connectivity index (χ0v) is 11.5. The molecule has 3 unspecified atom stereocenters. The van der Waals surface area contributed by atoms with Crippen LogP contribution in [0.3, 0.4) is 0 Å². The van der Waals surface area contributed by atoms with Gasteiger partial charge < -0.3 is 15.2 Å². The maximum absolute atomic E-state index is 9.69. The predicted molar refractivity (Wildman–Crippen MR) is 74.2 cm³/mol. The van der Waals surface area contributed by atoms with Crippen LogP contribution in [0.4, 0.5) is 0 Å². The molecule has 3 heteroatoms. The smallest absolute Gasteiger partial charge is 0.0897 e. The lowest BCUT2D eigenvalue weighted by Gasteiger charge is -2.25. The summed E-state index contributed by atoms with van der Waals surface area (Å²) < 4.78 is 5.60. The van der Waals surface area contributed by atoms with Crippen LogP contribution in [0.25, 0.3) is 0 Å². The van der Waals surface area contributed by atoms with Gasteiger partial charge >= 0.3 is 0 Å². The van der Waals surface area contributed by atoms with Crippen molar-refractivity contribution < 1.29 is 9.84 Å². The highest BCUT2D eigenvalue weighted by molar-refractivity contribution is 4.97. The maximum atomic E-state index is 9.69. The molecule has 0 saturated carbocycles. The van der Waals surface area contributed by atoms with Gasteiger partial charge in [-0.05, 0) is 31.6 Å². The van der Waals surface area contributed by atoms with Gasteiger partial charge in [0.25, 0.3) is 0 Å². The molecule has 0 amide bonds. The summed E-state index contributed by atoms with van der Waals surface area (Å²) in [5, 5.41) is 12.8. The van der Waals surface area contributed by atoms with Gasteiger partial charge in [0.1, 0.15) is 0 Å². The van der Waals surface area contributed by atoms with E-state index in [0.29, 0.717) is 31.5 Å². The summed E-state index contributed by atoms with van der Waals surface area (Å²) in [6, 6.07) is 0. The van der Waals surface area contributed by atoms with E-state index in [2.05, 4.69) is 36.2 Å². The first-order chi connectivity index (χ1) is 8.74. The molecule has 1 rings (SSSR count). The van der Waals surface area contributed by atoms with E-state index in [1.807, 2.05) is 0 Å². The molecule has 3 nitrogen and oxygen atoms in total. The second-order valence-corrected chi connectivity index (χ2v) is 4.93. The molecule has 1 aliphatic rings. The first-order valence-electron chi connectivity index (χ1n) is 6.75. The van der Waals surface area contributed by atoms with Gasteiger partial charge in [-0.3, -0.25) is 0 Å². The average molecular weight is 251 g/mol. The van der Waals surface area contributed by atoms with Crippen LogP contribution in [0.1, 0.15) is 26.7 Å². The van der Waals surface area contributed by atoms with E-state index in [4.69, 9.17) is 4.74 Å². The fraction of sp³-hybridized carbons (Fsp3) is 0.733. The van der Waals surface area contributed by atoms with Gasteiger partial charge in [-0.25, -0.2) is 0 Å². The van der Waals surface area contributed by atoms with Crippen LogP contribution in [0.15, 0.2) is 12.2 Å². The third-order valence-corrected chi connectivity index (χ3v) is 3.33. The summed E-state index contributed by atoms with van der Waals surface area (Å²) in [6.45, 7) is 6.38. The summed E-state index contributed by atoms with van der Waals surface area (Å²) in [5.74, 6) is 6.98. The molecular weight excluding hydrogens is 226 g/mol. The quantitative estimate of drug-likeness (QED) is 0.410. The van der Waals surface area contributed by atoms with Crippen molar-refractivity contribution in [2.75, 3.05) is 26.3 Å². The highest BCUT2D eigenvalue weighted by atomic mass is 16.5. The Morgan fingerprint density at radius 2 is 2.22 bits per heavy atom. The molecule has 18 heavy (non-hydrogen) atoms. The topological polar surface area (TPSA) is 41.5 Å². The fourth-order valence-corrected chi connectivity index (χ4v) is 2.04. The van der Waals surface area contributed by atoms with Gasteiger partial charge in [0.15, 0.2) is 0 Å². The summed E-state index contributed by atoms with van der Waals surface area (Å²) in [7, 11) is 0.